The van der Waals surface area contributed by atoms with E-state index < -0.39 is 0 Å². The van der Waals surface area contributed by atoms with Gasteiger partial charge in [-0.1, -0.05) is 17.7 Å². The second-order valence-electron chi connectivity index (χ2n) is 5.36. The molecule has 3 rings (SSSR count). The predicted molar refractivity (Wildman–Crippen MR) is 100 cm³/mol. The molecule has 1 aromatic carbocycles. The van der Waals surface area contributed by atoms with Crippen molar-refractivity contribution in [1.82, 2.24) is 15.0 Å². The van der Waals surface area contributed by atoms with Crippen molar-refractivity contribution in [3.05, 3.63) is 60.0 Å². The Labute approximate surface area is 150 Å². The van der Waals surface area contributed by atoms with Crippen LogP contribution >= 0.6 is 11.6 Å². The maximum atomic E-state index is 8.80. The Morgan fingerprint density at radius 3 is 2.68 bits per heavy atom. The number of aliphatic hydroxyl groups is 1. The maximum absolute atomic E-state index is 8.80. The van der Waals surface area contributed by atoms with E-state index in [9.17, 15) is 0 Å². The van der Waals surface area contributed by atoms with Gasteiger partial charge in [0.15, 0.2) is 0 Å². The quantitative estimate of drug-likeness (QED) is 0.560. The number of aliphatic hydroxyl groups excluding tert-OH is 1. The highest BCUT2D eigenvalue weighted by molar-refractivity contribution is 6.30. The van der Waals surface area contributed by atoms with E-state index in [2.05, 4.69) is 25.6 Å². The standard InChI is InChI=1S/C18H18ClN5O/c19-13-3-1-4-14(9-13)23-18-12-20-11-17(24-18)16-6-5-15(10-22-16)21-7-2-8-25/h1,3-6,9-12,21,25H,2,7-8H2,(H,23,24). The van der Waals surface area contributed by atoms with Gasteiger partial charge in [-0.2, -0.15) is 0 Å². The molecule has 7 heteroatoms. The van der Waals surface area contributed by atoms with Gasteiger partial charge in [0.2, 0.25) is 0 Å². The first-order valence-corrected chi connectivity index (χ1v) is 8.28. The summed E-state index contributed by atoms with van der Waals surface area (Å²) in [5, 5.41) is 15.8. The lowest BCUT2D eigenvalue weighted by molar-refractivity contribution is 0.292. The van der Waals surface area contributed by atoms with Gasteiger partial charge >= 0.3 is 0 Å². The fraction of sp³-hybridized carbons (Fsp3) is 0.167. The van der Waals surface area contributed by atoms with E-state index in [1.54, 1.807) is 18.6 Å². The molecule has 0 spiro atoms. The fourth-order valence-electron chi connectivity index (χ4n) is 2.23. The number of pyridine rings is 1. The molecule has 0 bridgehead atoms. The Kier molecular flexibility index (Phi) is 5.77. The van der Waals surface area contributed by atoms with Crippen molar-refractivity contribution in [3.8, 4) is 11.4 Å². The van der Waals surface area contributed by atoms with Crippen LogP contribution in [0.5, 0.6) is 0 Å². The molecule has 0 aliphatic carbocycles. The molecule has 0 unspecified atom stereocenters. The number of aromatic nitrogens is 3. The van der Waals surface area contributed by atoms with Gasteiger partial charge in [0.1, 0.15) is 11.5 Å². The Balaban J connectivity index is 1.72. The Bertz CT molecular complexity index is 826. The zero-order chi connectivity index (χ0) is 17.5. The molecule has 0 amide bonds. The molecule has 0 radical (unpaired) electrons. The average molecular weight is 356 g/mol. The summed E-state index contributed by atoms with van der Waals surface area (Å²) < 4.78 is 0. The molecule has 3 N–H and O–H groups in total. The van der Waals surface area contributed by atoms with E-state index in [1.165, 1.54) is 0 Å². The molecule has 3 aromatic rings. The van der Waals surface area contributed by atoms with Crippen molar-refractivity contribution in [2.45, 2.75) is 6.42 Å². The van der Waals surface area contributed by atoms with Gasteiger partial charge < -0.3 is 15.7 Å². The van der Waals surface area contributed by atoms with Crippen LogP contribution in [0.2, 0.25) is 5.02 Å². The zero-order valence-corrected chi connectivity index (χ0v) is 14.2. The minimum Gasteiger partial charge on any atom is -0.396 e. The minimum atomic E-state index is 0.167. The van der Waals surface area contributed by atoms with Crippen LogP contribution in [0.1, 0.15) is 6.42 Å². The lowest BCUT2D eigenvalue weighted by Crippen LogP contribution is -2.03. The summed E-state index contributed by atoms with van der Waals surface area (Å²) in [5.74, 6) is 0.617. The molecular weight excluding hydrogens is 338 g/mol. The number of nitrogens with zero attached hydrogens (tertiary/aromatic N) is 3. The molecule has 0 saturated carbocycles. The van der Waals surface area contributed by atoms with Gasteiger partial charge in [0.25, 0.3) is 0 Å². The maximum Gasteiger partial charge on any atom is 0.149 e. The van der Waals surface area contributed by atoms with Crippen molar-refractivity contribution in [2.75, 3.05) is 23.8 Å². The predicted octanol–water partition coefficient (Wildman–Crippen LogP) is 3.73. The Morgan fingerprint density at radius 1 is 1.00 bits per heavy atom. The van der Waals surface area contributed by atoms with Crippen LogP contribution in [-0.4, -0.2) is 33.2 Å². The van der Waals surface area contributed by atoms with Crippen molar-refractivity contribution in [3.63, 3.8) is 0 Å². The van der Waals surface area contributed by atoms with E-state index in [1.807, 2.05) is 36.4 Å². The zero-order valence-electron chi connectivity index (χ0n) is 13.5. The number of nitrogens with one attached hydrogen (secondary N) is 2. The third-order valence-corrected chi connectivity index (χ3v) is 3.66. The van der Waals surface area contributed by atoms with Crippen LogP contribution < -0.4 is 10.6 Å². The summed E-state index contributed by atoms with van der Waals surface area (Å²) >= 11 is 5.99. The highest BCUT2D eigenvalue weighted by Crippen LogP contribution is 2.21. The number of rotatable bonds is 7. The number of hydrogen-bond acceptors (Lipinski definition) is 6. The summed E-state index contributed by atoms with van der Waals surface area (Å²) in [6.07, 6.45) is 5.76. The van der Waals surface area contributed by atoms with Crippen molar-refractivity contribution >= 4 is 28.8 Å². The molecule has 0 atom stereocenters. The van der Waals surface area contributed by atoms with E-state index in [-0.39, 0.29) is 6.61 Å². The fourth-order valence-corrected chi connectivity index (χ4v) is 2.42. The van der Waals surface area contributed by atoms with Gasteiger partial charge in [-0.05, 0) is 36.8 Å². The minimum absolute atomic E-state index is 0.167. The van der Waals surface area contributed by atoms with Crippen LogP contribution in [0.3, 0.4) is 0 Å². The number of halogens is 1. The largest absolute Gasteiger partial charge is 0.396 e. The van der Waals surface area contributed by atoms with Crippen LogP contribution in [0, 0.1) is 0 Å². The molecule has 25 heavy (non-hydrogen) atoms. The van der Waals surface area contributed by atoms with Crippen LogP contribution in [0.25, 0.3) is 11.4 Å². The number of hydrogen-bond donors (Lipinski definition) is 3. The van der Waals surface area contributed by atoms with Crippen LogP contribution in [-0.2, 0) is 0 Å². The number of benzene rings is 1. The van der Waals surface area contributed by atoms with E-state index in [0.29, 0.717) is 29.5 Å². The third kappa shape index (κ3) is 4.89. The van der Waals surface area contributed by atoms with Gasteiger partial charge in [-0.25, -0.2) is 4.98 Å². The summed E-state index contributed by atoms with van der Waals surface area (Å²) in [5.41, 5.74) is 3.15. The average Bonchev–Trinajstić information content (AvgIpc) is 2.63. The smallest absolute Gasteiger partial charge is 0.149 e. The van der Waals surface area contributed by atoms with Crippen molar-refractivity contribution in [1.29, 1.82) is 0 Å². The molecule has 0 saturated heterocycles. The molecule has 0 fully saturated rings. The summed E-state index contributed by atoms with van der Waals surface area (Å²) in [4.78, 5) is 13.2. The molecule has 6 nitrogen and oxygen atoms in total. The highest BCUT2D eigenvalue weighted by atomic mass is 35.5. The first kappa shape index (κ1) is 17.1. The number of anilines is 3. The van der Waals surface area contributed by atoms with Gasteiger partial charge in [0, 0.05) is 23.9 Å². The summed E-state index contributed by atoms with van der Waals surface area (Å²) in [6, 6.07) is 11.2. The molecule has 128 valence electrons. The molecular formula is C18H18ClN5O. The topological polar surface area (TPSA) is 83.0 Å². The van der Waals surface area contributed by atoms with Crippen molar-refractivity contribution < 1.29 is 5.11 Å². The second kappa shape index (κ2) is 8.41. The van der Waals surface area contributed by atoms with E-state index >= 15 is 0 Å². The monoisotopic (exact) mass is 355 g/mol. The van der Waals surface area contributed by atoms with Crippen LogP contribution in [0.15, 0.2) is 55.0 Å². The lowest BCUT2D eigenvalue weighted by atomic mass is 10.2. The Hall–Kier alpha value is -2.70. The van der Waals surface area contributed by atoms with E-state index in [0.717, 1.165) is 17.1 Å². The summed E-state index contributed by atoms with van der Waals surface area (Å²) in [6.45, 7) is 0.872. The van der Waals surface area contributed by atoms with Gasteiger partial charge in [-0.3, -0.25) is 9.97 Å². The molecule has 2 aromatic heterocycles. The SMILES string of the molecule is OCCCNc1ccc(-c2cncc(Nc3cccc(Cl)c3)n2)nc1. The first-order chi connectivity index (χ1) is 12.2. The van der Waals surface area contributed by atoms with Gasteiger partial charge in [0.05, 0.1) is 30.0 Å². The first-order valence-electron chi connectivity index (χ1n) is 7.90. The van der Waals surface area contributed by atoms with Crippen LogP contribution in [0.4, 0.5) is 17.2 Å². The highest BCUT2D eigenvalue weighted by Gasteiger charge is 2.05. The molecule has 0 aliphatic rings. The van der Waals surface area contributed by atoms with E-state index in [4.69, 9.17) is 16.7 Å². The molecule has 2 heterocycles. The Morgan fingerprint density at radius 2 is 1.92 bits per heavy atom. The summed E-state index contributed by atoms with van der Waals surface area (Å²) in [7, 11) is 0. The third-order valence-electron chi connectivity index (χ3n) is 3.42. The lowest BCUT2D eigenvalue weighted by Gasteiger charge is -2.08. The van der Waals surface area contributed by atoms with Gasteiger partial charge in [-0.15, -0.1) is 0 Å². The molecule has 0 aliphatic heterocycles. The second-order valence-corrected chi connectivity index (χ2v) is 5.80. The normalized spacial score (nSPS) is 10.5. The van der Waals surface area contributed by atoms with Crippen molar-refractivity contribution in [2.24, 2.45) is 0 Å².